The Morgan fingerprint density at radius 1 is 1.12 bits per heavy atom. The van der Waals surface area contributed by atoms with Gasteiger partial charge >= 0.3 is 0 Å². The first kappa shape index (κ1) is 21.9. The molecular formula is C28H28N2O4. The molecule has 6 nitrogen and oxygen atoms in total. The Morgan fingerprint density at radius 3 is 2.76 bits per heavy atom. The van der Waals surface area contributed by atoms with E-state index in [1.807, 2.05) is 67.7 Å². The van der Waals surface area contributed by atoms with Gasteiger partial charge in [-0.25, -0.2) is 0 Å². The van der Waals surface area contributed by atoms with E-state index in [0.717, 1.165) is 33.3 Å². The molecule has 1 aromatic heterocycles. The van der Waals surface area contributed by atoms with Crippen LogP contribution in [0.3, 0.4) is 0 Å². The van der Waals surface area contributed by atoms with E-state index in [-0.39, 0.29) is 11.8 Å². The number of para-hydroxylation sites is 2. The standard InChI is InChI=1S/C28H28N2O4/c1-3-33-25-13-12-18(14-26(25)32-2)21(22-17-29-23-10-6-5-9-20(22)23)16-30-28(31)27-15-19-8-4-7-11-24(19)34-27/h4-14,17,21,27,29H,3,15-16H2,1-2H3,(H,30,31). The average Bonchev–Trinajstić information content (AvgIpc) is 3.50. The summed E-state index contributed by atoms with van der Waals surface area (Å²) >= 11 is 0. The predicted molar refractivity (Wildman–Crippen MR) is 132 cm³/mol. The number of H-pyrrole nitrogens is 1. The van der Waals surface area contributed by atoms with Crippen molar-refractivity contribution in [2.75, 3.05) is 20.3 Å². The fraction of sp³-hybridized carbons (Fsp3) is 0.250. The summed E-state index contributed by atoms with van der Waals surface area (Å²) in [5.41, 5.74) is 4.26. The third-order valence-corrected chi connectivity index (χ3v) is 6.31. The van der Waals surface area contributed by atoms with Gasteiger partial charge in [0, 0.05) is 36.0 Å². The number of fused-ring (bicyclic) bond motifs is 2. The molecule has 6 heteroatoms. The molecule has 2 unspecified atom stereocenters. The largest absolute Gasteiger partial charge is 0.493 e. The van der Waals surface area contributed by atoms with Crippen molar-refractivity contribution in [2.24, 2.45) is 0 Å². The number of ether oxygens (including phenoxy) is 3. The predicted octanol–water partition coefficient (Wildman–Crippen LogP) is 4.83. The van der Waals surface area contributed by atoms with Gasteiger partial charge in [-0.15, -0.1) is 0 Å². The van der Waals surface area contributed by atoms with Gasteiger partial charge in [0.2, 0.25) is 0 Å². The maximum atomic E-state index is 13.1. The molecule has 0 bridgehead atoms. The van der Waals surface area contributed by atoms with Gasteiger partial charge in [0.1, 0.15) is 5.75 Å². The van der Waals surface area contributed by atoms with Crippen LogP contribution in [0.5, 0.6) is 17.2 Å². The van der Waals surface area contributed by atoms with E-state index in [0.29, 0.717) is 31.1 Å². The quantitative estimate of drug-likeness (QED) is 0.399. The summed E-state index contributed by atoms with van der Waals surface area (Å²) in [6, 6.07) is 21.9. The van der Waals surface area contributed by atoms with Crippen molar-refractivity contribution in [3.8, 4) is 17.2 Å². The van der Waals surface area contributed by atoms with Crippen molar-refractivity contribution in [1.82, 2.24) is 10.3 Å². The lowest BCUT2D eigenvalue weighted by atomic mass is 9.90. The second-order valence-corrected chi connectivity index (χ2v) is 8.35. The molecule has 174 valence electrons. The molecule has 2 N–H and O–H groups in total. The van der Waals surface area contributed by atoms with Crippen LogP contribution in [0.15, 0.2) is 72.9 Å². The van der Waals surface area contributed by atoms with Crippen LogP contribution in [0, 0.1) is 0 Å². The first-order valence-corrected chi connectivity index (χ1v) is 11.6. The highest BCUT2D eigenvalue weighted by Crippen LogP contribution is 2.36. The summed E-state index contributed by atoms with van der Waals surface area (Å²) in [5.74, 6) is 1.96. The molecule has 2 heterocycles. The molecule has 0 radical (unpaired) electrons. The number of nitrogens with one attached hydrogen (secondary N) is 2. The molecule has 0 aliphatic carbocycles. The summed E-state index contributed by atoms with van der Waals surface area (Å²) in [4.78, 5) is 16.4. The van der Waals surface area contributed by atoms with Gasteiger partial charge in [0.05, 0.1) is 13.7 Å². The van der Waals surface area contributed by atoms with Crippen molar-refractivity contribution in [3.05, 3.63) is 89.6 Å². The van der Waals surface area contributed by atoms with Gasteiger partial charge in [-0.3, -0.25) is 4.79 Å². The van der Waals surface area contributed by atoms with Crippen LogP contribution in [0.1, 0.15) is 29.5 Å². The second-order valence-electron chi connectivity index (χ2n) is 8.35. The van der Waals surface area contributed by atoms with Crippen LogP contribution in [0.4, 0.5) is 0 Å². The lowest BCUT2D eigenvalue weighted by molar-refractivity contribution is -0.127. The molecular weight excluding hydrogens is 428 g/mol. The fourth-order valence-electron chi connectivity index (χ4n) is 4.61. The van der Waals surface area contributed by atoms with Crippen LogP contribution in [0.25, 0.3) is 10.9 Å². The van der Waals surface area contributed by atoms with Crippen molar-refractivity contribution < 1.29 is 19.0 Å². The number of rotatable bonds is 8. The number of carbonyl (C=O) groups excluding carboxylic acids is 1. The maximum absolute atomic E-state index is 13.1. The number of hydrogen-bond acceptors (Lipinski definition) is 4. The molecule has 5 rings (SSSR count). The number of hydrogen-bond donors (Lipinski definition) is 2. The number of aromatic amines is 1. The minimum atomic E-state index is -0.518. The van der Waals surface area contributed by atoms with Gasteiger partial charge in [-0.1, -0.05) is 42.5 Å². The third-order valence-electron chi connectivity index (χ3n) is 6.31. The summed E-state index contributed by atoms with van der Waals surface area (Å²) in [7, 11) is 1.64. The first-order valence-electron chi connectivity index (χ1n) is 11.6. The van der Waals surface area contributed by atoms with E-state index in [2.05, 4.69) is 22.4 Å². The van der Waals surface area contributed by atoms with Crippen LogP contribution in [-0.2, 0) is 11.2 Å². The molecule has 34 heavy (non-hydrogen) atoms. The normalized spacial score (nSPS) is 15.4. The van der Waals surface area contributed by atoms with E-state index < -0.39 is 6.10 Å². The van der Waals surface area contributed by atoms with Crippen LogP contribution >= 0.6 is 0 Å². The molecule has 1 aliphatic heterocycles. The third kappa shape index (κ3) is 4.19. The molecule has 4 aromatic rings. The van der Waals surface area contributed by atoms with Gasteiger partial charge in [0.15, 0.2) is 17.6 Å². The zero-order valence-electron chi connectivity index (χ0n) is 19.3. The van der Waals surface area contributed by atoms with Gasteiger partial charge < -0.3 is 24.5 Å². The number of carbonyl (C=O) groups is 1. The SMILES string of the molecule is CCOc1ccc(C(CNC(=O)C2Cc3ccccc3O2)c2c[nH]c3ccccc23)cc1OC. The zero-order valence-corrected chi connectivity index (χ0v) is 19.3. The smallest absolute Gasteiger partial charge is 0.261 e. The summed E-state index contributed by atoms with van der Waals surface area (Å²) in [5, 5.41) is 4.26. The average molecular weight is 457 g/mol. The monoisotopic (exact) mass is 456 g/mol. The maximum Gasteiger partial charge on any atom is 0.261 e. The number of amides is 1. The molecule has 1 amide bonds. The van der Waals surface area contributed by atoms with Gasteiger partial charge in [-0.05, 0) is 47.9 Å². The Labute approximate surface area is 198 Å². The number of benzene rings is 3. The van der Waals surface area contributed by atoms with Crippen molar-refractivity contribution in [2.45, 2.75) is 25.4 Å². The van der Waals surface area contributed by atoms with E-state index in [4.69, 9.17) is 14.2 Å². The summed E-state index contributed by atoms with van der Waals surface area (Å²) < 4.78 is 17.2. The Balaban J connectivity index is 1.43. The van der Waals surface area contributed by atoms with Crippen LogP contribution in [-0.4, -0.2) is 37.3 Å². The molecule has 0 saturated carbocycles. The van der Waals surface area contributed by atoms with Crippen molar-refractivity contribution >= 4 is 16.8 Å². The lowest BCUT2D eigenvalue weighted by Crippen LogP contribution is -2.39. The Kier molecular flexibility index (Phi) is 6.12. The highest BCUT2D eigenvalue weighted by Gasteiger charge is 2.30. The lowest BCUT2D eigenvalue weighted by Gasteiger charge is -2.21. The minimum Gasteiger partial charge on any atom is -0.493 e. The zero-order chi connectivity index (χ0) is 23.5. The molecule has 0 spiro atoms. The molecule has 1 aliphatic rings. The summed E-state index contributed by atoms with van der Waals surface area (Å²) in [6.07, 6.45) is 2.08. The van der Waals surface area contributed by atoms with Gasteiger partial charge in [-0.2, -0.15) is 0 Å². The van der Waals surface area contributed by atoms with Crippen LogP contribution in [0.2, 0.25) is 0 Å². The topological polar surface area (TPSA) is 72.6 Å². The van der Waals surface area contributed by atoms with Gasteiger partial charge in [0.25, 0.3) is 5.91 Å². The molecule has 3 aromatic carbocycles. The fourth-order valence-corrected chi connectivity index (χ4v) is 4.61. The van der Waals surface area contributed by atoms with E-state index in [1.165, 1.54) is 0 Å². The second kappa shape index (κ2) is 9.51. The Hall–Kier alpha value is -3.93. The van der Waals surface area contributed by atoms with E-state index >= 15 is 0 Å². The first-order chi connectivity index (χ1) is 16.7. The molecule has 0 fully saturated rings. The highest BCUT2D eigenvalue weighted by atomic mass is 16.5. The Bertz CT molecular complexity index is 1290. The molecule has 0 saturated heterocycles. The Morgan fingerprint density at radius 2 is 1.94 bits per heavy atom. The van der Waals surface area contributed by atoms with E-state index in [9.17, 15) is 4.79 Å². The highest BCUT2D eigenvalue weighted by molar-refractivity contribution is 5.85. The van der Waals surface area contributed by atoms with Crippen molar-refractivity contribution in [1.29, 1.82) is 0 Å². The number of aromatic nitrogens is 1. The minimum absolute atomic E-state index is 0.0894. The van der Waals surface area contributed by atoms with Crippen molar-refractivity contribution in [3.63, 3.8) is 0 Å². The number of methoxy groups -OCH3 is 1. The van der Waals surface area contributed by atoms with Crippen LogP contribution < -0.4 is 19.5 Å². The van der Waals surface area contributed by atoms with E-state index in [1.54, 1.807) is 7.11 Å². The molecule has 2 atom stereocenters. The summed E-state index contributed by atoms with van der Waals surface area (Å²) in [6.45, 7) is 2.93.